The number of carbonyl (C=O) groups excluding carboxylic acids is 1. The van der Waals surface area contributed by atoms with E-state index in [0.29, 0.717) is 18.8 Å². The lowest BCUT2D eigenvalue weighted by Crippen LogP contribution is -3.12. The number of halogens is 1. The number of piperazine rings is 1. The smallest absolute Gasteiger partial charge is 0.243 e. The zero-order valence-corrected chi connectivity index (χ0v) is 15.2. The molecule has 0 atom stereocenters. The lowest BCUT2D eigenvalue weighted by Gasteiger charge is -2.32. The highest BCUT2D eigenvalue weighted by atomic mass is 79.9. The summed E-state index contributed by atoms with van der Waals surface area (Å²) in [6.45, 7) is 2.96. The molecule has 1 aliphatic heterocycles. The molecule has 0 radical (unpaired) electrons. The highest BCUT2D eigenvalue weighted by Crippen LogP contribution is 2.22. The number of rotatable bonds is 4. The van der Waals surface area contributed by atoms with E-state index in [-0.39, 0.29) is 12.5 Å². The van der Waals surface area contributed by atoms with Crippen molar-refractivity contribution in [2.24, 2.45) is 0 Å². The zero-order valence-electron chi connectivity index (χ0n) is 12.8. The standard InChI is InChI=1S/C14H20BrN3O3S/c1-16-6-8-17(9-7-16)14(19)11-18(22(2,20)21)13-5-3-4-12(15)10-13/h3-5,10H,6-9,11H2,1-2H3/p+1. The number of hydrogen-bond donors (Lipinski definition) is 1. The van der Waals surface area contributed by atoms with Crippen LogP contribution in [0.3, 0.4) is 0 Å². The van der Waals surface area contributed by atoms with Crippen molar-refractivity contribution in [3.8, 4) is 0 Å². The first-order chi connectivity index (χ1) is 10.3. The molecule has 1 amide bonds. The Morgan fingerprint density at radius 1 is 1.36 bits per heavy atom. The molecular weight excluding hydrogens is 370 g/mol. The van der Waals surface area contributed by atoms with Crippen molar-refractivity contribution in [1.29, 1.82) is 0 Å². The number of sulfonamides is 1. The van der Waals surface area contributed by atoms with Gasteiger partial charge in [0.05, 0.1) is 45.2 Å². The van der Waals surface area contributed by atoms with E-state index in [1.54, 1.807) is 23.1 Å². The lowest BCUT2D eigenvalue weighted by molar-refractivity contribution is -0.883. The molecule has 6 nitrogen and oxygen atoms in total. The minimum absolute atomic E-state index is 0.155. The van der Waals surface area contributed by atoms with E-state index in [4.69, 9.17) is 0 Å². The fraction of sp³-hybridized carbons (Fsp3) is 0.500. The Morgan fingerprint density at radius 2 is 2.00 bits per heavy atom. The molecule has 1 aromatic carbocycles. The molecule has 0 unspecified atom stereocenters. The van der Waals surface area contributed by atoms with Gasteiger partial charge in [0.15, 0.2) is 0 Å². The van der Waals surface area contributed by atoms with Gasteiger partial charge >= 0.3 is 0 Å². The second-order valence-corrected chi connectivity index (χ2v) is 8.41. The minimum atomic E-state index is -3.52. The van der Waals surface area contributed by atoms with Crippen molar-refractivity contribution < 1.29 is 18.1 Å². The van der Waals surface area contributed by atoms with Crippen molar-refractivity contribution in [3.05, 3.63) is 28.7 Å². The third-order valence-electron chi connectivity index (χ3n) is 3.75. The van der Waals surface area contributed by atoms with E-state index in [1.165, 1.54) is 4.90 Å². The molecule has 22 heavy (non-hydrogen) atoms. The van der Waals surface area contributed by atoms with E-state index >= 15 is 0 Å². The zero-order chi connectivity index (χ0) is 16.3. The van der Waals surface area contributed by atoms with Crippen LogP contribution in [0, 0.1) is 0 Å². The molecule has 1 heterocycles. The van der Waals surface area contributed by atoms with Crippen molar-refractivity contribution in [2.75, 3.05) is 50.3 Å². The van der Waals surface area contributed by atoms with Crippen molar-refractivity contribution in [3.63, 3.8) is 0 Å². The first kappa shape index (κ1) is 17.2. The second-order valence-electron chi connectivity index (χ2n) is 5.59. The molecule has 0 spiro atoms. The summed E-state index contributed by atoms with van der Waals surface area (Å²) >= 11 is 3.33. The van der Waals surface area contributed by atoms with E-state index in [0.717, 1.165) is 28.1 Å². The maximum absolute atomic E-state index is 12.4. The van der Waals surface area contributed by atoms with Crippen molar-refractivity contribution in [2.45, 2.75) is 0 Å². The first-order valence-corrected chi connectivity index (χ1v) is 9.74. The summed E-state index contributed by atoms with van der Waals surface area (Å²) < 4.78 is 26.0. The van der Waals surface area contributed by atoms with Crippen LogP contribution in [0.15, 0.2) is 28.7 Å². The van der Waals surface area contributed by atoms with Crippen LogP contribution in [0.5, 0.6) is 0 Å². The molecule has 0 saturated carbocycles. The predicted molar refractivity (Wildman–Crippen MR) is 89.5 cm³/mol. The quantitative estimate of drug-likeness (QED) is 0.758. The molecule has 1 aliphatic rings. The monoisotopic (exact) mass is 390 g/mol. The van der Waals surface area contributed by atoms with Gasteiger partial charge in [-0.25, -0.2) is 8.42 Å². The number of nitrogens with one attached hydrogen (secondary N) is 1. The summed E-state index contributed by atoms with van der Waals surface area (Å²) in [5, 5.41) is 0. The Kier molecular flexibility index (Phi) is 5.46. The number of benzene rings is 1. The maximum atomic E-state index is 12.4. The summed E-state index contributed by atoms with van der Waals surface area (Å²) in [6.07, 6.45) is 1.12. The molecule has 0 aromatic heterocycles. The molecule has 2 rings (SSSR count). The Balaban J connectivity index is 2.16. The lowest BCUT2D eigenvalue weighted by atomic mass is 10.3. The van der Waals surface area contributed by atoms with E-state index < -0.39 is 10.0 Å². The Labute approximate surface area is 139 Å². The Bertz CT molecular complexity index is 642. The van der Waals surface area contributed by atoms with E-state index in [2.05, 4.69) is 23.0 Å². The van der Waals surface area contributed by atoms with Gasteiger partial charge in [-0.05, 0) is 18.2 Å². The highest BCUT2D eigenvalue weighted by molar-refractivity contribution is 9.10. The number of quaternary nitrogens is 1. The van der Waals surface area contributed by atoms with Crippen LogP contribution in [0.1, 0.15) is 0 Å². The summed E-state index contributed by atoms with van der Waals surface area (Å²) in [5.74, 6) is -0.155. The Hall–Kier alpha value is -1.12. The van der Waals surface area contributed by atoms with Crippen LogP contribution in [-0.4, -0.2) is 65.3 Å². The van der Waals surface area contributed by atoms with Crippen LogP contribution in [0.25, 0.3) is 0 Å². The van der Waals surface area contributed by atoms with Crippen LogP contribution in [0.2, 0.25) is 0 Å². The average Bonchev–Trinajstić information content (AvgIpc) is 2.44. The molecule has 1 saturated heterocycles. The van der Waals surface area contributed by atoms with Crippen molar-refractivity contribution >= 4 is 37.5 Å². The number of hydrogen-bond acceptors (Lipinski definition) is 3. The van der Waals surface area contributed by atoms with Gasteiger partial charge in [0.2, 0.25) is 15.9 Å². The third-order valence-corrected chi connectivity index (χ3v) is 5.38. The average molecular weight is 391 g/mol. The molecule has 0 bridgehead atoms. The molecule has 1 N–H and O–H groups in total. The first-order valence-electron chi connectivity index (χ1n) is 7.10. The minimum Gasteiger partial charge on any atom is -0.334 e. The van der Waals surface area contributed by atoms with Gasteiger partial charge < -0.3 is 9.80 Å². The largest absolute Gasteiger partial charge is 0.334 e. The van der Waals surface area contributed by atoms with Gasteiger partial charge in [-0.2, -0.15) is 0 Å². The molecule has 1 aromatic rings. The highest BCUT2D eigenvalue weighted by Gasteiger charge is 2.26. The summed E-state index contributed by atoms with van der Waals surface area (Å²) in [4.78, 5) is 15.5. The normalized spacial score (nSPS) is 16.6. The number of likely N-dealkylation sites (N-methyl/N-ethyl adjacent to an activating group) is 1. The predicted octanol–water partition coefficient (Wildman–Crippen LogP) is -0.428. The summed E-state index contributed by atoms with van der Waals surface area (Å²) in [6, 6.07) is 6.95. The van der Waals surface area contributed by atoms with Crippen LogP contribution in [-0.2, 0) is 14.8 Å². The fourth-order valence-electron chi connectivity index (χ4n) is 2.39. The van der Waals surface area contributed by atoms with Crippen LogP contribution in [0.4, 0.5) is 5.69 Å². The fourth-order valence-corrected chi connectivity index (χ4v) is 3.62. The van der Waals surface area contributed by atoms with Crippen LogP contribution >= 0.6 is 15.9 Å². The number of anilines is 1. The number of carbonyl (C=O) groups is 1. The van der Waals surface area contributed by atoms with Gasteiger partial charge in [0.1, 0.15) is 6.54 Å². The SMILES string of the molecule is C[NH+]1CCN(C(=O)CN(c2cccc(Br)c2)S(C)(=O)=O)CC1. The van der Waals surface area contributed by atoms with E-state index in [9.17, 15) is 13.2 Å². The maximum Gasteiger partial charge on any atom is 0.243 e. The third kappa shape index (κ3) is 4.44. The van der Waals surface area contributed by atoms with Crippen molar-refractivity contribution in [1.82, 2.24) is 4.90 Å². The summed E-state index contributed by atoms with van der Waals surface area (Å²) in [5.41, 5.74) is 0.491. The Morgan fingerprint density at radius 3 is 2.55 bits per heavy atom. The van der Waals surface area contributed by atoms with Gasteiger partial charge in [0.25, 0.3) is 0 Å². The van der Waals surface area contributed by atoms with Crippen LogP contribution < -0.4 is 9.21 Å². The summed E-state index contributed by atoms with van der Waals surface area (Å²) in [7, 11) is -1.43. The van der Waals surface area contributed by atoms with Gasteiger partial charge in [-0.3, -0.25) is 9.10 Å². The number of amides is 1. The molecule has 8 heteroatoms. The molecular formula is C14H21BrN3O3S+. The van der Waals surface area contributed by atoms with Gasteiger partial charge in [-0.1, -0.05) is 22.0 Å². The molecule has 0 aliphatic carbocycles. The van der Waals surface area contributed by atoms with Gasteiger partial charge in [-0.15, -0.1) is 0 Å². The van der Waals surface area contributed by atoms with E-state index in [1.807, 2.05) is 6.07 Å². The number of nitrogens with zero attached hydrogens (tertiary/aromatic N) is 2. The second kappa shape index (κ2) is 6.97. The topological polar surface area (TPSA) is 62.1 Å². The molecule has 1 fully saturated rings. The van der Waals surface area contributed by atoms with Gasteiger partial charge in [0, 0.05) is 4.47 Å². The molecule has 122 valence electrons.